The predicted octanol–water partition coefficient (Wildman–Crippen LogP) is 3.30. The first-order chi connectivity index (χ1) is 14.5. The van der Waals surface area contributed by atoms with Gasteiger partial charge in [0.15, 0.2) is 0 Å². The summed E-state index contributed by atoms with van der Waals surface area (Å²) in [7, 11) is 1.66. The van der Waals surface area contributed by atoms with Crippen LogP contribution in [0.3, 0.4) is 0 Å². The zero-order chi connectivity index (χ0) is 21.3. The van der Waals surface area contributed by atoms with Crippen LogP contribution in [0.25, 0.3) is 22.2 Å². The van der Waals surface area contributed by atoms with E-state index >= 15 is 0 Å². The Kier molecular flexibility index (Phi) is 5.31. The lowest BCUT2D eigenvalue weighted by Gasteiger charge is -2.07. The summed E-state index contributed by atoms with van der Waals surface area (Å²) in [4.78, 5) is 12.6. The van der Waals surface area contributed by atoms with Crippen LogP contribution in [-0.4, -0.2) is 44.1 Å². The van der Waals surface area contributed by atoms with Gasteiger partial charge in [-0.1, -0.05) is 0 Å². The summed E-state index contributed by atoms with van der Waals surface area (Å²) in [5.41, 5.74) is 5.21. The Hall–Kier alpha value is -3.55. The molecule has 0 saturated heterocycles. The van der Waals surface area contributed by atoms with Gasteiger partial charge in [0.25, 0.3) is 5.91 Å². The Balaban J connectivity index is 1.42. The summed E-state index contributed by atoms with van der Waals surface area (Å²) < 4.78 is 9.32. The average molecular weight is 406 g/mol. The number of aryl methyl sites for hydroxylation is 2. The molecule has 0 fully saturated rings. The minimum atomic E-state index is -0.176. The van der Waals surface area contributed by atoms with Crippen LogP contribution in [-0.2, 0) is 13.1 Å². The molecule has 2 N–H and O–H groups in total. The molecule has 0 radical (unpaired) electrons. The number of benzene rings is 1. The highest BCUT2D eigenvalue weighted by Crippen LogP contribution is 2.26. The number of nitrogens with zero attached hydrogens (tertiary/aromatic N) is 4. The van der Waals surface area contributed by atoms with Crippen molar-refractivity contribution in [1.29, 1.82) is 0 Å². The smallest absolute Gasteiger partial charge is 0.269 e. The van der Waals surface area contributed by atoms with Crippen LogP contribution < -0.4 is 10.1 Å². The number of rotatable bonds is 7. The molecule has 8 nitrogen and oxygen atoms in total. The highest BCUT2D eigenvalue weighted by Gasteiger charge is 2.17. The first-order valence-electron chi connectivity index (χ1n) is 10.0. The van der Waals surface area contributed by atoms with E-state index in [9.17, 15) is 4.79 Å². The predicted molar refractivity (Wildman–Crippen MR) is 116 cm³/mol. The quantitative estimate of drug-likeness (QED) is 0.493. The van der Waals surface area contributed by atoms with Crippen molar-refractivity contribution in [2.75, 3.05) is 13.7 Å². The minimum absolute atomic E-state index is 0.176. The van der Waals surface area contributed by atoms with Gasteiger partial charge in [-0.3, -0.25) is 14.6 Å². The second-order valence-corrected chi connectivity index (χ2v) is 7.22. The summed E-state index contributed by atoms with van der Waals surface area (Å²) in [5.74, 6) is 0.656. The number of carbonyl (C=O) groups excluding carboxylic acids is 1. The molecule has 0 saturated carbocycles. The van der Waals surface area contributed by atoms with Crippen molar-refractivity contribution in [3.05, 3.63) is 53.6 Å². The first kappa shape index (κ1) is 19.8. The average Bonchev–Trinajstić information content (AvgIpc) is 3.45. The molecule has 0 aliphatic carbocycles. The van der Waals surface area contributed by atoms with E-state index in [1.54, 1.807) is 13.2 Å². The van der Waals surface area contributed by atoms with Crippen molar-refractivity contribution >= 4 is 16.8 Å². The maximum absolute atomic E-state index is 12.6. The molecule has 3 aromatic heterocycles. The first-order valence-corrected chi connectivity index (χ1v) is 10.0. The molecule has 1 amide bonds. The van der Waals surface area contributed by atoms with Crippen molar-refractivity contribution in [3.63, 3.8) is 0 Å². The number of aromatic nitrogens is 5. The molecule has 8 heteroatoms. The number of hydrogen-bond acceptors (Lipinski definition) is 4. The van der Waals surface area contributed by atoms with Gasteiger partial charge < -0.3 is 14.6 Å². The van der Waals surface area contributed by atoms with E-state index in [0.29, 0.717) is 18.8 Å². The third-order valence-electron chi connectivity index (χ3n) is 5.38. The largest absolute Gasteiger partial charge is 0.497 e. The van der Waals surface area contributed by atoms with Crippen molar-refractivity contribution in [2.45, 2.75) is 33.9 Å². The van der Waals surface area contributed by atoms with Gasteiger partial charge in [-0.05, 0) is 51.1 Å². The molecule has 0 bridgehead atoms. The molecule has 0 unspecified atom stereocenters. The number of amides is 1. The Morgan fingerprint density at radius 2 is 2.07 bits per heavy atom. The number of ether oxygens (including phenoxy) is 1. The fourth-order valence-electron chi connectivity index (χ4n) is 3.83. The van der Waals surface area contributed by atoms with Crippen molar-refractivity contribution in [3.8, 4) is 17.0 Å². The monoisotopic (exact) mass is 406 g/mol. The van der Waals surface area contributed by atoms with Gasteiger partial charge in [0.2, 0.25) is 0 Å². The lowest BCUT2D eigenvalue weighted by atomic mass is 10.1. The number of hydrogen-bond donors (Lipinski definition) is 2. The molecule has 3 heterocycles. The van der Waals surface area contributed by atoms with E-state index in [1.165, 1.54) is 0 Å². The van der Waals surface area contributed by atoms with E-state index in [1.807, 2.05) is 49.0 Å². The van der Waals surface area contributed by atoms with E-state index in [0.717, 1.165) is 45.8 Å². The van der Waals surface area contributed by atoms with E-state index in [2.05, 4.69) is 32.1 Å². The maximum Gasteiger partial charge on any atom is 0.269 e. The van der Waals surface area contributed by atoms with Gasteiger partial charge in [0.1, 0.15) is 11.4 Å². The number of fused-ring (bicyclic) bond motifs is 1. The van der Waals surface area contributed by atoms with Gasteiger partial charge in [-0.25, -0.2) is 0 Å². The number of carbonyl (C=O) groups is 1. The van der Waals surface area contributed by atoms with E-state index in [-0.39, 0.29) is 5.91 Å². The van der Waals surface area contributed by atoms with Gasteiger partial charge >= 0.3 is 0 Å². The van der Waals surface area contributed by atoms with Gasteiger partial charge in [0, 0.05) is 48.0 Å². The van der Waals surface area contributed by atoms with Crippen molar-refractivity contribution < 1.29 is 9.53 Å². The molecule has 0 aliphatic heterocycles. The molecular weight excluding hydrogens is 380 g/mol. The van der Waals surface area contributed by atoms with Crippen LogP contribution in [0, 0.1) is 13.8 Å². The lowest BCUT2D eigenvalue weighted by molar-refractivity contribution is 0.0947. The van der Waals surface area contributed by atoms with Gasteiger partial charge in [-0.15, -0.1) is 0 Å². The third kappa shape index (κ3) is 3.56. The van der Waals surface area contributed by atoms with Gasteiger partial charge in [0.05, 0.1) is 18.5 Å². The second kappa shape index (κ2) is 8.06. The summed E-state index contributed by atoms with van der Waals surface area (Å²) in [6.45, 7) is 8.01. The highest BCUT2D eigenvalue weighted by molar-refractivity contribution is 5.93. The van der Waals surface area contributed by atoms with Crippen LogP contribution in [0.4, 0.5) is 0 Å². The molecule has 156 valence electrons. The van der Waals surface area contributed by atoms with Crippen LogP contribution in [0.2, 0.25) is 0 Å². The zero-order valence-electron chi connectivity index (χ0n) is 17.7. The maximum atomic E-state index is 12.6. The third-order valence-corrected chi connectivity index (χ3v) is 5.38. The minimum Gasteiger partial charge on any atom is -0.497 e. The number of aromatic amines is 1. The van der Waals surface area contributed by atoms with Crippen LogP contribution in [0.1, 0.15) is 28.8 Å². The highest BCUT2D eigenvalue weighted by atomic mass is 16.5. The molecule has 0 atom stereocenters. The summed E-state index contributed by atoms with van der Waals surface area (Å²) in [5, 5.41) is 15.8. The molecular formula is C22H26N6O2. The Morgan fingerprint density at radius 3 is 2.80 bits per heavy atom. The molecule has 0 aliphatic rings. The van der Waals surface area contributed by atoms with Gasteiger partial charge in [-0.2, -0.15) is 10.2 Å². The van der Waals surface area contributed by atoms with Crippen LogP contribution in [0.5, 0.6) is 5.75 Å². The molecule has 1 aromatic carbocycles. The standard InChI is InChI=1S/C22H26N6O2/c1-5-28-15(3)21(14(2)26-28)18-13-19(25-24-18)22(29)23-9-11-27-10-8-16-12-17(30-4)6-7-20(16)27/h6-8,10,12-13H,5,9,11H2,1-4H3,(H,23,29)(H,24,25). The van der Waals surface area contributed by atoms with E-state index < -0.39 is 0 Å². The SMILES string of the molecule is CCn1nc(C)c(-c2cc(C(=O)NCCn3ccc4cc(OC)ccc43)[nH]n2)c1C. The lowest BCUT2D eigenvalue weighted by Crippen LogP contribution is -2.27. The Morgan fingerprint density at radius 1 is 1.23 bits per heavy atom. The number of methoxy groups -OCH3 is 1. The molecule has 4 aromatic rings. The Bertz CT molecular complexity index is 1200. The van der Waals surface area contributed by atoms with Crippen LogP contribution in [0.15, 0.2) is 36.5 Å². The van der Waals surface area contributed by atoms with E-state index in [4.69, 9.17) is 4.74 Å². The Labute approximate surface area is 174 Å². The molecule has 0 spiro atoms. The molecule has 4 rings (SSSR count). The fourth-order valence-corrected chi connectivity index (χ4v) is 3.83. The zero-order valence-corrected chi connectivity index (χ0v) is 17.7. The number of nitrogens with one attached hydrogen (secondary N) is 2. The topological polar surface area (TPSA) is 89.8 Å². The summed E-state index contributed by atoms with van der Waals surface area (Å²) in [6.07, 6.45) is 2.02. The molecule has 30 heavy (non-hydrogen) atoms. The summed E-state index contributed by atoms with van der Waals surface area (Å²) >= 11 is 0. The number of H-pyrrole nitrogens is 1. The van der Waals surface area contributed by atoms with Crippen molar-refractivity contribution in [1.82, 2.24) is 29.9 Å². The second-order valence-electron chi connectivity index (χ2n) is 7.22. The van der Waals surface area contributed by atoms with Crippen LogP contribution >= 0.6 is 0 Å². The fraction of sp³-hybridized carbons (Fsp3) is 0.318. The normalized spacial score (nSPS) is 11.2. The summed E-state index contributed by atoms with van der Waals surface area (Å²) in [6, 6.07) is 9.79. The van der Waals surface area contributed by atoms with Crippen molar-refractivity contribution in [2.24, 2.45) is 0 Å².